The van der Waals surface area contributed by atoms with E-state index in [1.165, 1.54) is 7.05 Å². The second-order valence-corrected chi connectivity index (χ2v) is 6.40. The summed E-state index contributed by atoms with van der Waals surface area (Å²) in [7, 11) is 1.51. The van der Waals surface area contributed by atoms with Crippen LogP contribution < -0.4 is 26.3 Å². The Labute approximate surface area is 159 Å². The van der Waals surface area contributed by atoms with Gasteiger partial charge in [-0.1, -0.05) is 17.7 Å². The Bertz CT molecular complexity index is 1090. The van der Waals surface area contributed by atoms with Crippen molar-refractivity contribution in [2.75, 3.05) is 25.3 Å². The highest BCUT2D eigenvalue weighted by Crippen LogP contribution is 2.36. The number of benzene rings is 2. The average Bonchev–Trinajstić information content (AvgIpc) is 3.11. The number of aromatic nitrogens is 2. The predicted molar refractivity (Wildman–Crippen MR) is 102 cm³/mol. The zero-order chi connectivity index (χ0) is 19.1. The van der Waals surface area contributed by atoms with E-state index in [0.717, 1.165) is 5.56 Å². The van der Waals surface area contributed by atoms with Crippen molar-refractivity contribution < 1.29 is 14.3 Å². The zero-order valence-corrected chi connectivity index (χ0v) is 15.1. The van der Waals surface area contributed by atoms with Crippen LogP contribution >= 0.6 is 11.6 Å². The lowest BCUT2D eigenvalue weighted by Gasteiger charge is -2.13. The van der Waals surface area contributed by atoms with Crippen molar-refractivity contribution in [3.05, 3.63) is 46.1 Å². The first-order valence-electron chi connectivity index (χ1n) is 8.12. The number of carbonyl (C=O) groups is 1. The highest BCUT2D eigenvalue weighted by Gasteiger charge is 2.20. The van der Waals surface area contributed by atoms with Crippen LogP contribution in [0.15, 0.2) is 24.3 Å². The average molecular weight is 386 g/mol. The van der Waals surface area contributed by atoms with E-state index in [2.05, 4.69) is 15.3 Å². The number of hydrogen-bond donors (Lipinski definition) is 3. The first kappa shape index (κ1) is 17.2. The molecule has 1 aliphatic rings. The molecule has 8 nitrogen and oxygen atoms in total. The van der Waals surface area contributed by atoms with Crippen LogP contribution in [0.5, 0.6) is 11.5 Å². The molecule has 0 unspecified atom stereocenters. The minimum atomic E-state index is -0.358. The van der Waals surface area contributed by atoms with Crippen molar-refractivity contribution in [2.45, 2.75) is 6.42 Å². The molecule has 1 aliphatic heterocycles. The summed E-state index contributed by atoms with van der Waals surface area (Å²) in [6.07, 6.45) is 0.430. The molecule has 0 atom stereocenters. The third-order valence-electron chi connectivity index (χ3n) is 4.33. The van der Waals surface area contributed by atoms with Gasteiger partial charge in [0.25, 0.3) is 5.91 Å². The lowest BCUT2D eigenvalue weighted by molar-refractivity contribution is 0.0963. The number of nitrogens with two attached hydrogens (primary N) is 2. The van der Waals surface area contributed by atoms with Gasteiger partial charge < -0.3 is 26.3 Å². The summed E-state index contributed by atoms with van der Waals surface area (Å²) < 4.78 is 10.7. The molecule has 1 amide bonds. The predicted octanol–water partition coefficient (Wildman–Crippen LogP) is 2.13. The van der Waals surface area contributed by atoms with E-state index in [9.17, 15) is 4.79 Å². The molecule has 0 aliphatic carbocycles. The summed E-state index contributed by atoms with van der Waals surface area (Å²) >= 11 is 6.33. The van der Waals surface area contributed by atoms with Gasteiger partial charge in [0.05, 0.1) is 27.5 Å². The van der Waals surface area contributed by atoms with Crippen molar-refractivity contribution in [1.29, 1.82) is 0 Å². The van der Waals surface area contributed by atoms with Gasteiger partial charge in [0.2, 0.25) is 12.7 Å². The lowest BCUT2D eigenvalue weighted by Crippen LogP contribution is -2.19. The summed E-state index contributed by atoms with van der Waals surface area (Å²) in [5, 5.41) is 3.25. The molecule has 2 heterocycles. The molecule has 9 heteroatoms. The van der Waals surface area contributed by atoms with E-state index >= 15 is 0 Å². The fraction of sp³-hybridized carbons (Fsp3) is 0.167. The SMILES string of the molecule is CNC(=O)c1cc2nc(N)nc(Cc3ccc4c(c3)OCO4)c2c(N)c1Cl. The van der Waals surface area contributed by atoms with Crippen LogP contribution in [0.2, 0.25) is 5.02 Å². The maximum Gasteiger partial charge on any atom is 0.252 e. The molecule has 0 saturated heterocycles. The smallest absolute Gasteiger partial charge is 0.252 e. The van der Waals surface area contributed by atoms with Crippen LogP contribution in [0.4, 0.5) is 11.6 Å². The van der Waals surface area contributed by atoms with Gasteiger partial charge in [-0.2, -0.15) is 0 Å². The second-order valence-electron chi connectivity index (χ2n) is 6.02. The molecule has 138 valence electrons. The molecular formula is C18H16ClN5O3. The number of rotatable bonds is 3. The molecule has 0 bridgehead atoms. The molecule has 4 rings (SSSR count). The molecule has 1 aromatic heterocycles. The van der Waals surface area contributed by atoms with E-state index in [1.807, 2.05) is 18.2 Å². The minimum Gasteiger partial charge on any atom is -0.454 e. The summed E-state index contributed by atoms with van der Waals surface area (Å²) in [6, 6.07) is 7.19. The van der Waals surface area contributed by atoms with Crippen LogP contribution in [0.1, 0.15) is 21.6 Å². The summed E-state index contributed by atoms with van der Waals surface area (Å²) in [4.78, 5) is 20.6. The van der Waals surface area contributed by atoms with Gasteiger partial charge >= 0.3 is 0 Å². The largest absolute Gasteiger partial charge is 0.454 e. The summed E-state index contributed by atoms with van der Waals surface area (Å²) in [5.74, 6) is 1.10. The van der Waals surface area contributed by atoms with Gasteiger partial charge in [-0.25, -0.2) is 9.97 Å². The lowest BCUT2D eigenvalue weighted by atomic mass is 10.0. The number of ether oxygens (including phenoxy) is 2. The van der Waals surface area contributed by atoms with Gasteiger partial charge in [-0.3, -0.25) is 4.79 Å². The maximum atomic E-state index is 12.0. The molecule has 2 aromatic carbocycles. The number of fused-ring (bicyclic) bond motifs is 2. The Morgan fingerprint density at radius 2 is 2.00 bits per heavy atom. The van der Waals surface area contributed by atoms with E-state index in [-0.39, 0.29) is 34.9 Å². The van der Waals surface area contributed by atoms with Crippen LogP contribution in [-0.2, 0) is 6.42 Å². The second kappa shape index (κ2) is 6.48. The van der Waals surface area contributed by atoms with Crippen LogP contribution in [0.25, 0.3) is 10.9 Å². The van der Waals surface area contributed by atoms with E-state index < -0.39 is 0 Å². The standard InChI is InChI=1S/C18H16ClN5O3/c1-22-17(25)9-6-11-14(16(20)15(9)19)10(23-18(21)24-11)4-8-2-3-12-13(5-8)27-7-26-12/h2-3,5-6H,4,7,20H2,1H3,(H,22,25)(H2,21,23,24). The highest BCUT2D eigenvalue weighted by molar-refractivity contribution is 6.38. The van der Waals surface area contributed by atoms with Gasteiger partial charge in [0.1, 0.15) is 0 Å². The van der Waals surface area contributed by atoms with Crippen LogP contribution in [0, 0.1) is 0 Å². The van der Waals surface area contributed by atoms with Crippen molar-refractivity contribution in [3.8, 4) is 11.5 Å². The number of hydrogen-bond acceptors (Lipinski definition) is 7. The molecule has 0 saturated carbocycles. The van der Waals surface area contributed by atoms with Crippen molar-refractivity contribution in [3.63, 3.8) is 0 Å². The Kier molecular flexibility index (Phi) is 4.12. The fourth-order valence-electron chi connectivity index (χ4n) is 3.07. The normalized spacial score (nSPS) is 12.4. The summed E-state index contributed by atoms with van der Waals surface area (Å²) in [6.45, 7) is 0.201. The Hall–Kier alpha value is -3.26. The first-order chi connectivity index (χ1) is 13.0. The van der Waals surface area contributed by atoms with Gasteiger partial charge in [-0.05, 0) is 23.8 Å². The maximum absolute atomic E-state index is 12.0. The number of carbonyl (C=O) groups excluding carboxylic acids is 1. The first-order valence-corrected chi connectivity index (χ1v) is 8.50. The van der Waals surface area contributed by atoms with Crippen LogP contribution in [0.3, 0.4) is 0 Å². The van der Waals surface area contributed by atoms with Crippen LogP contribution in [-0.4, -0.2) is 29.7 Å². The number of nitrogen functional groups attached to an aromatic ring is 2. The minimum absolute atomic E-state index is 0.0859. The van der Waals surface area contributed by atoms with Crippen molar-refractivity contribution in [2.24, 2.45) is 0 Å². The monoisotopic (exact) mass is 385 g/mol. The topological polar surface area (TPSA) is 125 Å². The Morgan fingerprint density at radius 3 is 2.78 bits per heavy atom. The number of halogens is 1. The molecule has 5 N–H and O–H groups in total. The molecule has 0 spiro atoms. The number of nitrogens with one attached hydrogen (secondary N) is 1. The molecular weight excluding hydrogens is 370 g/mol. The Balaban J connectivity index is 1.85. The quantitative estimate of drug-likeness (QED) is 0.589. The summed E-state index contributed by atoms with van der Waals surface area (Å²) in [5.41, 5.74) is 14.6. The number of anilines is 2. The zero-order valence-electron chi connectivity index (χ0n) is 14.4. The van der Waals surface area contributed by atoms with E-state index in [0.29, 0.717) is 34.5 Å². The molecule has 3 aromatic rings. The van der Waals surface area contributed by atoms with Gasteiger partial charge in [-0.15, -0.1) is 0 Å². The van der Waals surface area contributed by atoms with E-state index in [1.54, 1.807) is 6.07 Å². The third kappa shape index (κ3) is 2.93. The van der Waals surface area contributed by atoms with Gasteiger partial charge in [0.15, 0.2) is 11.5 Å². The Morgan fingerprint density at radius 1 is 1.22 bits per heavy atom. The molecule has 0 fully saturated rings. The third-order valence-corrected chi connectivity index (χ3v) is 4.74. The fourth-order valence-corrected chi connectivity index (χ4v) is 3.31. The molecule has 0 radical (unpaired) electrons. The van der Waals surface area contributed by atoms with Crippen molar-refractivity contribution in [1.82, 2.24) is 15.3 Å². The van der Waals surface area contributed by atoms with Crippen molar-refractivity contribution >= 4 is 40.0 Å². The highest BCUT2D eigenvalue weighted by atomic mass is 35.5. The van der Waals surface area contributed by atoms with Gasteiger partial charge in [0, 0.05) is 18.9 Å². The number of amides is 1. The molecule has 27 heavy (non-hydrogen) atoms. The number of nitrogens with zero attached hydrogens (tertiary/aromatic N) is 2. The van der Waals surface area contributed by atoms with E-state index in [4.69, 9.17) is 32.5 Å².